The van der Waals surface area contributed by atoms with E-state index in [1.165, 1.54) is 0 Å². The molecule has 0 spiro atoms. The number of carbonyl (C=O) groups is 1. The summed E-state index contributed by atoms with van der Waals surface area (Å²) in [5.74, 6) is 1.48. The number of amides is 1. The van der Waals surface area contributed by atoms with Crippen LogP contribution in [0.1, 0.15) is 32.8 Å². The number of benzene rings is 2. The number of fused-ring (bicyclic) bond motifs is 2. The molecule has 0 fully saturated rings. The minimum atomic E-state index is -0.200. The third kappa shape index (κ3) is 5.41. The summed E-state index contributed by atoms with van der Waals surface area (Å²) in [5, 5.41) is 0.520. The number of imidazole rings is 1. The lowest BCUT2D eigenvalue weighted by molar-refractivity contribution is -0.135. The van der Waals surface area contributed by atoms with Crippen molar-refractivity contribution in [1.29, 1.82) is 0 Å². The maximum Gasteiger partial charge on any atom is 0.227 e. The molecule has 1 aliphatic heterocycles. The Morgan fingerprint density at radius 3 is 2.76 bits per heavy atom. The summed E-state index contributed by atoms with van der Waals surface area (Å²) in [6.07, 6.45) is 2.51. The van der Waals surface area contributed by atoms with E-state index in [1.807, 2.05) is 49.2 Å². The van der Waals surface area contributed by atoms with Crippen molar-refractivity contribution in [3.63, 3.8) is 0 Å². The van der Waals surface area contributed by atoms with Crippen molar-refractivity contribution in [3.8, 4) is 11.5 Å². The molecular formula is C26H33ClN4O3. The van der Waals surface area contributed by atoms with Gasteiger partial charge in [-0.3, -0.25) is 4.79 Å². The highest BCUT2D eigenvalue weighted by atomic mass is 35.5. The van der Waals surface area contributed by atoms with Crippen LogP contribution in [0.2, 0.25) is 5.02 Å². The molecule has 2 aromatic carbocycles. The van der Waals surface area contributed by atoms with Crippen LogP contribution in [-0.2, 0) is 11.3 Å². The van der Waals surface area contributed by atoms with Gasteiger partial charge in [0.25, 0.3) is 0 Å². The molecule has 8 heteroatoms. The Morgan fingerprint density at radius 1 is 1.18 bits per heavy atom. The normalized spacial score (nSPS) is 14.2. The lowest BCUT2D eigenvalue weighted by Crippen LogP contribution is -2.41. The van der Waals surface area contributed by atoms with Gasteiger partial charge in [-0.1, -0.05) is 38.4 Å². The second-order valence-electron chi connectivity index (χ2n) is 9.43. The number of hydrogen-bond donors (Lipinski definition) is 1. The van der Waals surface area contributed by atoms with E-state index >= 15 is 0 Å². The van der Waals surface area contributed by atoms with Gasteiger partial charge in [0.2, 0.25) is 5.91 Å². The van der Waals surface area contributed by atoms with Crippen molar-refractivity contribution in [1.82, 2.24) is 14.9 Å². The van der Waals surface area contributed by atoms with Crippen LogP contribution in [0.3, 0.4) is 0 Å². The number of anilines is 1. The summed E-state index contributed by atoms with van der Waals surface area (Å²) < 4.78 is 11.6. The fourth-order valence-corrected chi connectivity index (χ4v) is 4.71. The zero-order valence-electron chi connectivity index (χ0n) is 20.3. The van der Waals surface area contributed by atoms with E-state index in [9.17, 15) is 4.79 Å². The van der Waals surface area contributed by atoms with Crippen LogP contribution in [0.5, 0.6) is 11.5 Å². The van der Waals surface area contributed by atoms with Gasteiger partial charge in [0.05, 0.1) is 41.7 Å². The quantitative estimate of drug-likeness (QED) is 0.479. The van der Waals surface area contributed by atoms with Gasteiger partial charge in [-0.15, -0.1) is 0 Å². The monoisotopic (exact) mass is 484 g/mol. The topological polar surface area (TPSA) is 70.7 Å². The molecule has 1 unspecified atom stereocenters. The molecule has 34 heavy (non-hydrogen) atoms. The van der Waals surface area contributed by atoms with E-state index in [-0.39, 0.29) is 11.8 Å². The average Bonchev–Trinajstić information content (AvgIpc) is 3.15. The molecule has 1 atom stereocenters. The molecule has 0 saturated carbocycles. The third-order valence-electron chi connectivity index (χ3n) is 5.94. The predicted octanol–water partition coefficient (Wildman–Crippen LogP) is 5.13. The molecule has 2 heterocycles. The first-order valence-electron chi connectivity index (χ1n) is 11.8. The highest BCUT2D eigenvalue weighted by Gasteiger charge is 2.25. The van der Waals surface area contributed by atoms with Crippen molar-refractivity contribution in [2.45, 2.75) is 33.7 Å². The number of para-hydroxylation sites is 1. The number of rotatable bonds is 8. The Morgan fingerprint density at radius 2 is 1.97 bits per heavy atom. The summed E-state index contributed by atoms with van der Waals surface area (Å²) in [6, 6.07) is 9.86. The number of H-pyrrole nitrogens is 1. The first-order valence-corrected chi connectivity index (χ1v) is 12.2. The van der Waals surface area contributed by atoms with Crippen LogP contribution in [0.15, 0.2) is 36.7 Å². The molecule has 0 radical (unpaired) electrons. The number of hydrogen-bond acceptors (Lipinski definition) is 5. The molecule has 1 amide bonds. The molecule has 0 saturated heterocycles. The molecule has 182 valence electrons. The van der Waals surface area contributed by atoms with Crippen molar-refractivity contribution >= 4 is 34.2 Å². The summed E-state index contributed by atoms with van der Waals surface area (Å²) in [7, 11) is 2.00. The van der Waals surface area contributed by atoms with Gasteiger partial charge in [0, 0.05) is 33.1 Å². The van der Waals surface area contributed by atoms with Crippen molar-refractivity contribution in [2.24, 2.45) is 11.8 Å². The summed E-state index contributed by atoms with van der Waals surface area (Å²) in [6.45, 7) is 9.12. The Labute approximate surface area is 206 Å². The van der Waals surface area contributed by atoms with E-state index in [4.69, 9.17) is 21.1 Å². The number of nitrogens with one attached hydrogen (secondary N) is 1. The van der Waals surface area contributed by atoms with Crippen molar-refractivity contribution in [2.75, 3.05) is 38.3 Å². The fraction of sp³-hybridized carbons (Fsp3) is 0.462. The summed E-state index contributed by atoms with van der Waals surface area (Å²) in [5.41, 5.74) is 3.83. The van der Waals surface area contributed by atoms with Gasteiger partial charge in [-0.25, -0.2) is 4.98 Å². The summed E-state index contributed by atoms with van der Waals surface area (Å²) >= 11 is 6.50. The lowest BCUT2D eigenvalue weighted by atomic mass is 10.1. The second kappa shape index (κ2) is 10.6. The van der Waals surface area contributed by atoms with Crippen LogP contribution in [0, 0.1) is 11.8 Å². The summed E-state index contributed by atoms with van der Waals surface area (Å²) in [4.78, 5) is 25.2. The average molecular weight is 485 g/mol. The van der Waals surface area contributed by atoms with Gasteiger partial charge in [0.1, 0.15) is 5.52 Å². The van der Waals surface area contributed by atoms with E-state index in [0.717, 1.165) is 28.7 Å². The highest BCUT2D eigenvalue weighted by Crippen LogP contribution is 2.38. The first kappa shape index (κ1) is 24.2. The van der Waals surface area contributed by atoms with E-state index in [2.05, 4.69) is 28.7 Å². The number of halogens is 1. The van der Waals surface area contributed by atoms with E-state index in [0.29, 0.717) is 55.3 Å². The molecular weight excluding hydrogens is 452 g/mol. The molecule has 0 bridgehead atoms. The molecule has 1 aliphatic rings. The molecule has 1 N–H and O–H groups in total. The number of ether oxygens (including phenoxy) is 2. The van der Waals surface area contributed by atoms with Crippen LogP contribution in [-0.4, -0.2) is 54.1 Å². The third-order valence-corrected chi connectivity index (χ3v) is 6.22. The number of nitrogens with zero attached hydrogens (tertiary/aromatic N) is 3. The van der Waals surface area contributed by atoms with E-state index in [1.54, 1.807) is 6.33 Å². The standard InChI is InChI=1S/C26H33ClN4O3/c1-17(2)13-31(15-19-11-20(27)25-23(12-19)33-9-6-10-34-25)26(32)18(3)14-30(4)22-8-5-7-21-24(22)29-16-28-21/h5,7-8,11-12,16-18H,6,9-10,13-15H2,1-4H3,(H,28,29). The fourth-order valence-electron chi connectivity index (χ4n) is 4.43. The van der Waals surface area contributed by atoms with Gasteiger partial charge in [-0.05, 0) is 35.7 Å². The van der Waals surface area contributed by atoms with E-state index < -0.39 is 0 Å². The number of aromatic nitrogens is 2. The Bertz CT molecular complexity index is 1150. The highest BCUT2D eigenvalue weighted by molar-refractivity contribution is 6.32. The van der Waals surface area contributed by atoms with Crippen LogP contribution >= 0.6 is 11.6 Å². The Kier molecular flexibility index (Phi) is 7.51. The second-order valence-corrected chi connectivity index (χ2v) is 9.83. The minimum absolute atomic E-state index is 0.109. The number of carbonyl (C=O) groups excluding carboxylic acids is 1. The van der Waals surface area contributed by atoms with Crippen LogP contribution in [0.25, 0.3) is 11.0 Å². The van der Waals surface area contributed by atoms with Gasteiger partial charge >= 0.3 is 0 Å². The van der Waals surface area contributed by atoms with Crippen LogP contribution in [0.4, 0.5) is 5.69 Å². The molecule has 1 aromatic heterocycles. The maximum atomic E-state index is 13.6. The van der Waals surface area contributed by atoms with Crippen molar-refractivity contribution < 1.29 is 14.3 Å². The zero-order valence-corrected chi connectivity index (χ0v) is 21.1. The Hall–Kier alpha value is -2.93. The smallest absolute Gasteiger partial charge is 0.227 e. The van der Waals surface area contributed by atoms with Crippen LogP contribution < -0.4 is 14.4 Å². The van der Waals surface area contributed by atoms with Gasteiger partial charge in [0.15, 0.2) is 11.5 Å². The van der Waals surface area contributed by atoms with Gasteiger partial charge < -0.3 is 24.3 Å². The molecule has 4 rings (SSSR count). The first-order chi connectivity index (χ1) is 16.3. The number of aromatic amines is 1. The SMILES string of the molecule is CC(C)CN(Cc1cc(Cl)c2c(c1)OCCCO2)C(=O)C(C)CN(C)c1cccc2[nH]cnc12. The lowest BCUT2D eigenvalue weighted by Gasteiger charge is -2.30. The molecule has 7 nitrogen and oxygen atoms in total. The minimum Gasteiger partial charge on any atom is -0.489 e. The van der Waals surface area contributed by atoms with Gasteiger partial charge in [-0.2, -0.15) is 0 Å². The molecule has 3 aromatic rings. The Balaban J connectivity index is 1.50. The zero-order chi connectivity index (χ0) is 24.2. The predicted molar refractivity (Wildman–Crippen MR) is 136 cm³/mol. The molecule has 0 aliphatic carbocycles. The largest absolute Gasteiger partial charge is 0.489 e. The maximum absolute atomic E-state index is 13.6. The van der Waals surface area contributed by atoms with Crippen molar-refractivity contribution in [3.05, 3.63) is 47.2 Å².